The molecular formula is C24H26FN7O. The number of carbonyl (C=O) groups is 1. The Kier molecular flexibility index (Phi) is 5.67. The van der Waals surface area contributed by atoms with Crippen molar-refractivity contribution in [2.24, 2.45) is 11.8 Å². The van der Waals surface area contributed by atoms with E-state index >= 15 is 0 Å². The van der Waals surface area contributed by atoms with Gasteiger partial charge in [0.1, 0.15) is 18.4 Å². The number of rotatable bonds is 6. The molecule has 0 bridgehead atoms. The van der Waals surface area contributed by atoms with Crippen molar-refractivity contribution in [3.63, 3.8) is 0 Å². The zero-order valence-corrected chi connectivity index (χ0v) is 18.5. The molecule has 0 aromatic carbocycles. The molecule has 9 heteroatoms. The van der Waals surface area contributed by atoms with Gasteiger partial charge in [-0.1, -0.05) is 0 Å². The van der Waals surface area contributed by atoms with Crippen LogP contribution in [0.3, 0.4) is 0 Å². The largest absolute Gasteiger partial charge is 0.351 e. The topological polar surface area (TPSA) is 111 Å². The van der Waals surface area contributed by atoms with E-state index in [2.05, 4.69) is 38.2 Å². The number of nitrogens with one attached hydrogen (secondary N) is 2. The van der Waals surface area contributed by atoms with Gasteiger partial charge in [-0.3, -0.25) is 4.79 Å². The first kappa shape index (κ1) is 21.3. The fourth-order valence-electron chi connectivity index (χ4n) is 4.58. The molecule has 170 valence electrons. The number of hydrogen-bond acceptors (Lipinski definition) is 6. The zero-order valence-electron chi connectivity index (χ0n) is 18.5. The van der Waals surface area contributed by atoms with Crippen LogP contribution in [0.5, 0.6) is 0 Å². The van der Waals surface area contributed by atoms with Crippen molar-refractivity contribution in [3.8, 4) is 17.3 Å². The van der Waals surface area contributed by atoms with Gasteiger partial charge in [-0.2, -0.15) is 5.26 Å². The van der Waals surface area contributed by atoms with Crippen LogP contribution in [0.25, 0.3) is 22.3 Å². The molecule has 1 aliphatic carbocycles. The summed E-state index contributed by atoms with van der Waals surface area (Å²) in [6, 6.07) is 4.00. The molecule has 2 N–H and O–H groups in total. The van der Waals surface area contributed by atoms with Crippen molar-refractivity contribution in [2.45, 2.75) is 45.3 Å². The number of amides is 1. The Balaban J connectivity index is 1.34. The summed E-state index contributed by atoms with van der Waals surface area (Å²) in [6.45, 7) is 3.08. The van der Waals surface area contributed by atoms with Crippen molar-refractivity contribution in [1.82, 2.24) is 24.8 Å². The number of aromatic amines is 1. The van der Waals surface area contributed by atoms with E-state index in [-0.39, 0.29) is 12.0 Å². The maximum Gasteiger partial charge on any atom is 0.225 e. The van der Waals surface area contributed by atoms with Gasteiger partial charge in [0.2, 0.25) is 11.9 Å². The number of carbonyl (C=O) groups excluding carboxylic acids is 1. The normalized spacial score (nSPS) is 17.7. The number of aromatic nitrogens is 4. The van der Waals surface area contributed by atoms with Crippen LogP contribution in [0, 0.1) is 23.2 Å². The molecule has 0 radical (unpaired) electrons. The summed E-state index contributed by atoms with van der Waals surface area (Å²) in [6.07, 6.45) is 8.70. The van der Waals surface area contributed by atoms with Crippen molar-refractivity contribution in [3.05, 3.63) is 35.8 Å². The fraction of sp³-hybridized carbons (Fsp3) is 0.458. The average molecular weight is 448 g/mol. The van der Waals surface area contributed by atoms with Gasteiger partial charge in [0, 0.05) is 54.0 Å². The minimum absolute atomic E-state index is 0.117. The second-order valence-corrected chi connectivity index (χ2v) is 9.01. The number of H-pyrrole nitrogens is 1. The zero-order chi connectivity index (χ0) is 22.9. The van der Waals surface area contributed by atoms with Crippen LogP contribution in [0.4, 0.5) is 10.3 Å². The molecule has 3 aromatic heterocycles. The third kappa shape index (κ3) is 4.25. The van der Waals surface area contributed by atoms with Gasteiger partial charge in [0.05, 0.1) is 17.5 Å². The van der Waals surface area contributed by atoms with Crippen LogP contribution in [0.2, 0.25) is 0 Å². The summed E-state index contributed by atoms with van der Waals surface area (Å²) in [5.41, 5.74) is 2.59. The summed E-state index contributed by atoms with van der Waals surface area (Å²) in [5, 5.41) is 13.7. The molecule has 1 atom stereocenters. The Morgan fingerprint density at radius 3 is 2.79 bits per heavy atom. The van der Waals surface area contributed by atoms with Crippen LogP contribution >= 0.6 is 0 Å². The molecule has 1 unspecified atom stereocenters. The van der Waals surface area contributed by atoms with Gasteiger partial charge in [0.15, 0.2) is 0 Å². The Labute approximate surface area is 191 Å². The highest BCUT2D eigenvalue weighted by Gasteiger charge is 2.35. The number of alkyl halides is 1. The Morgan fingerprint density at radius 2 is 2.09 bits per heavy atom. The van der Waals surface area contributed by atoms with Crippen molar-refractivity contribution in [1.29, 1.82) is 5.26 Å². The molecule has 1 aliphatic heterocycles. The third-order valence-electron chi connectivity index (χ3n) is 6.75. The highest BCUT2D eigenvalue weighted by atomic mass is 19.1. The number of hydrogen-bond donors (Lipinski definition) is 2. The van der Waals surface area contributed by atoms with E-state index in [4.69, 9.17) is 0 Å². The van der Waals surface area contributed by atoms with Crippen molar-refractivity contribution >= 4 is 22.9 Å². The molecule has 1 amide bonds. The maximum absolute atomic E-state index is 13.2. The van der Waals surface area contributed by atoms with Gasteiger partial charge >= 0.3 is 0 Å². The smallest absolute Gasteiger partial charge is 0.225 e. The first-order valence-electron chi connectivity index (χ1n) is 11.4. The van der Waals surface area contributed by atoms with E-state index in [0.29, 0.717) is 51.2 Å². The molecule has 5 rings (SSSR count). The fourth-order valence-corrected chi connectivity index (χ4v) is 4.58. The second kappa shape index (κ2) is 8.77. The summed E-state index contributed by atoms with van der Waals surface area (Å²) in [4.78, 5) is 30.6. The SMILES string of the molecule is CC(Nc1ncc(C#N)c(-c2c[nH]c3ncc(CF)cc23)n1)C1CCN(C(=O)C2CC2)CC1. The van der Waals surface area contributed by atoms with Crippen LogP contribution in [-0.2, 0) is 11.5 Å². The second-order valence-electron chi connectivity index (χ2n) is 9.01. The molecular weight excluding hydrogens is 421 g/mol. The lowest BCUT2D eigenvalue weighted by Crippen LogP contribution is -2.43. The molecule has 0 spiro atoms. The average Bonchev–Trinajstić information content (AvgIpc) is 3.62. The standard InChI is InChI=1S/C24H26FN7O/c1-14(16-4-6-32(7-5-16)23(33)17-2-3-17)30-24-29-12-18(10-26)21(31-24)20-13-28-22-19(20)8-15(9-25)11-27-22/h8,11-14,16-17H,2-7,9H2,1H3,(H,27,28)(H,29,30,31). The maximum atomic E-state index is 13.2. The van der Waals surface area contributed by atoms with Crippen LogP contribution < -0.4 is 5.32 Å². The van der Waals surface area contributed by atoms with Gasteiger partial charge < -0.3 is 15.2 Å². The first-order valence-corrected chi connectivity index (χ1v) is 11.4. The number of halogens is 1. The van der Waals surface area contributed by atoms with E-state index in [9.17, 15) is 14.4 Å². The summed E-state index contributed by atoms with van der Waals surface area (Å²) >= 11 is 0. The number of nitrogens with zero attached hydrogens (tertiary/aromatic N) is 5. The predicted octanol–water partition coefficient (Wildman–Crippen LogP) is 3.81. The van der Waals surface area contributed by atoms with Gasteiger partial charge in [0.25, 0.3) is 0 Å². The van der Waals surface area contributed by atoms with Crippen molar-refractivity contribution < 1.29 is 9.18 Å². The third-order valence-corrected chi connectivity index (χ3v) is 6.75. The molecule has 1 saturated heterocycles. The number of nitriles is 1. The lowest BCUT2D eigenvalue weighted by Gasteiger charge is -2.35. The van der Waals surface area contributed by atoms with Crippen LogP contribution in [-0.4, -0.2) is 49.9 Å². The minimum Gasteiger partial charge on any atom is -0.351 e. The Morgan fingerprint density at radius 1 is 1.30 bits per heavy atom. The predicted molar refractivity (Wildman–Crippen MR) is 122 cm³/mol. The number of anilines is 1. The monoisotopic (exact) mass is 447 g/mol. The molecule has 2 fully saturated rings. The van der Waals surface area contributed by atoms with E-state index < -0.39 is 6.67 Å². The number of pyridine rings is 1. The minimum atomic E-state index is -0.613. The molecule has 3 aromatic rings. The summed E-state index contributed by atoms with van der Waals surface area (Å²) in [7, 11) is 0. The molecule has 1 saturated carbocycles. The van der Waals surface area contributed by atoms with Gasteiger partial charge in [-0.05, 0) is 44.6 Å². The van der Waals surface area contributed by atoms with E-state index in [1.807, 2.05) is 4.90 Å². The van der Waals surface area contributed by atoms with Crippen LogP contribution in [0.1, 0.15) is 43.7 Å². The molecule has 8 nitrogen and oxygen atoms in total. The Hall–Kier alpha value is -3.54. The summed E-state index contributed by atoms with van der Waals surface area (Å²) < 4.78 is 13.2. The van der Waals surface area contributed by atoms with E-state index in [1.165, 1.54) is 12.4 Å². The quantitative estimate of drug-likeness (QED) is 0.595. The lowest BCUT2D eigenvalue weighted by atomic mass is 9.90. The highest BCUT2D eigenvalue weighted by Crippen LogP contribution is 2.33. The number of likely N-dealkylation sites (tertiary alicyclic amines) is 1. The van der Waals surface area contributed by atoms with Gasteiger partial charge in [-0.15, -0.1) is 0 Å². The first-order chi connectivity index (χ1) is 16.1. The molecule has 2 aliphatic rings. The van der Waals surface area contributed by atoms with Crippen LogP contribution in [0.15, 0.2) is 24.7 Å². The molecule has 4 heterocycles. The molecule has 33 heavy (non-hydrogen) atoms. The van der Waals surface area contributed by atoms with Crippen molar-refractivity contribution in [2.75, 3.05) is 18.4 Å². The summed E-state index contributed by atoms with van der Waals surface area (Å²) in [5.74, 6) is 1.43. The lowest BCUT2D eigenvalue weighted by molar-refractivity contribution is -0.134. The van der Waals surface area contributed by atoms with E-state index in [1.54, 1.807) is 12.3 Å². The highest BCUT2D eigenvalue weighted by molar-refractivity contribution is 5.94. The van der Waals surface area contributed by atoms with Gasteiger partial charge in [-0.25, -0.2) is 19.3 Å². The van der Waals surface area contributed by atoms with E-state index in [0.717, 1.165) is 38.8 Å². The Bertz CT molecular complexity index is 1220. The number of fused-ring (bicyclic) bond motifs is 1. The number of piperidine rings is 1.